The van der Waals surface area contributed by atoms with E-state index in [-0.39, 0.29) is 6.61 Å². The van der Waals surface area contributed by atoms with Gasteiger partial charge in [0, 0.05) is 5.02 Å². The second-order valence-electron chi connectivity index (χ2n) is 4.61. The van der Waals surface area contributed by atoms with Crippen LogP contribution in [-0.2, 0) is 4.74 Å². The van der Waals surface area contributed by atoms with E-state index in [2.05, 4.69) is 0 Å². The minimum Gasteiger partial charge on any atom is -0.489 e. The molecule has 0 spiro atoms. The summed E-state index contributed by atoms with van der Waals surface area (Å²) in [6.07, 6.45) is -0.514. The van der Waals surface area contributed by atoms with E-state index in [1.807, 2.05) is 0 Å². The van der Waals surface area contributed by atoms with Crippen LogP contribution in [0.15, 0.2) is 18.2 Å². The summed E-state index contributed by atoms with van der Waals surface area (Å²) in [6.45, 7) is 4.26. The lowest BCUT2D eigenvalue weighted by atomic mass is 10.3. The standard InChI is InChI=1S/C13H17Cl2NO3/c14-10-1-2-13(12(15)7-10)19-9-11(17)8-16-3-5-18-6-4-16/h1-2,7,11,17H,3-6,8-9H2/p+1/t11-/m0/s1. The third-order valence-corrected chi connectivity index (χ3v) is 3.58. The van der Waals surface area contributed by atoms with Crippen LogP contribution in [0.3, 0.4) is 0 Å². The first kappa shape index (κ1) is 14.9. The maximum atomic E-state index is 9.95. The fraction of sp³-hybridized carbons (Fsp3) is 0.538. The molecule has 1 aromatic rings. The average Bonchev–Trinajstić information content (AvgIpc) is 2.39. The van der Waals surface area contributed by atoms with Crippen molar-refractivity contribution in [3.8, 4) is 5.75 Å². The van der Waals surface area contributed by atoms with Crippen LogP contribution in [0.25, 0.3) is 0 Å². The van der Waals surface area contributed by atoms with Crippen molar-refractivity contribution in [3.05, 3.63) is 28.2 Å². The van der Waals surface area contributed by atoms with Crippen molar-refractivity contribution in [2.24, 2.45) is 0 Å². The number of quaternary nitrogens is 1. The van der Waals surface area contributed by atoms with Crippen molar-refractivity contribution in [1.82, 2.24) is 0 Å². The number of rotatable bonds is 5. The lowest BCUT2D eigenvalue weighted by Crippen LogP contribution is -3.15. The van der Waals surface area contributed by atoms with Gasteiger partial charge in [0.1, 0.15) is 38.1 Å². The smallest absolute Gasteiger partial charge is 0.138 e. The predicted molar refractivity (Wildman–Crippen MR) is 74.3 cm³/mol. The Morgan fingerprint density at radius 2 is 2.05 bits per heavy atom. The molecule has 1 heterocycles. The highest BCUT2D eigenvalue weighted by molar-refractivity contribution is 6.35. The number of aliphatic hydroxyl groups is 1. The second kappa shape index (κ2) is 7.31. The van der Waals surface area contributed by atoms with Gasteiger partial charge in [0.25, 0.3) is 0 Å². The zero-order valence-corrected chi connectivity index (χ0v) is 12.1. The molecule has 1 saturated heterocycles. The summed E-state index contributed by atoms with van der Waals surface area (Å²) in [7, 11) is 0. The number of morpholine rings is 1. The SMILES string of the molecule is O[C@H](COc1ccc(Cl)cc1Cl)C[NH+]1CCOCC1. The summed E-state index contributed by atoms with van der Waals surface area (Å²) < 4.78 is 10.8. The monoisotopic (exact) mass is 306 g/mol. The van der Waals surface area contributed by atoms with Crippen LogP contribution in [0.2, 0.25) is 10.0 Å². The van der Waals surface area contributed by atoms with Gasteiger partial charge >= 0.3 is 0 Å². The molecule has 0 bridgehead atoms. The Kier molecular flexibility index (Phi) is 5.73. The summed E-state index contributed by atoms with van der Waals surface area (Å²) in [5.41, 5.74) is 0. The van der Waals surface area contributed by atoms with Crippen molar-refractivity contribution >= 4 is 23.2 Å². The number of nitrogens with one attached hydrogen (secondary N) is 1. The number of hydrogen-bond acceptors (Lipinski definition) is 3. The molecular formula is C13H18Cl2NO3+. The topological polar surface area (TPSA) is 43.1 Å². The molecule has 106 valence electrons. The second-order valence-corrected chi connectivity index (χ2v) is 5.45. The van der Waals surface area contributed by atoms with Gasteiger partial charge in [-0.05, 0) is 18.2 Å². The maximum Gasteiger partial charge on any atom is 0.138 e. The first-order chi connectivity index (χ1) is 9.15. The summed E-state index contributed by atoms with van der Waals surface area (Å²) in [5.74, 6) is 0.544. The normalized spacial score (nSPS) is 18.3. The molecule has 0 unspecified atom stereocenters. The lowest BCUT2D eigenvalue weighted by Gasteiger charge is -2.25. The third-order valence-electron chi connectivity index (χ3n) is 3.05. The Balaban J connectivity index is 1.77. The molecule has 0 amide bonds. The molecule has 2 N–H and O–H groups in total. The molecule has 0 aromatic heterocycles. The molecule has 1 aliphatic heterocycles. The van der Waals surface area contributed by atoms with Gasteiger partial charge < -0.3 is 19.5 Å². The molecule has 0 radical (unpaired) electrons. The van der Waals surface area contributed by atoms with E-state index in [0.29, 0.717) is 22.3 Å². The molecule has 1 aliphatic rings. The molecule has 0 aliphatic carbocycles. The van der Waals surface area contributed by atoms with Gasteiger partial charge in [-0.2, -0.15) is 0 Å². The van der Waals surface area contributed by atoms with E-state index in [4.69, 9.17) is 32.7 Å². The zero-order valence-electron chi connectivity index (χ0n) is 10.6. The summed E-state index contributed by atoms with van der Waals surface area (Å²) in [5, 5.41) is 11.0. The van der Waals surface area contributed by atoms with Gasteiger partial charge in [-0.3, -0.25) is 0 Å². The molecule has 6 heteroatoms. The zero-order chi connectivity index (χ0) is 13.7. The highest BCUT2D eigenvalue weighted by Gasteiger charge is 2.18. The molecule has 4 nitrogen and oxygen atoms in total. The molecule has 1 aromatic carbocycles. The molecule has 1 fully saturated rings. The van der Waals surface area contributed by atoms with Crippen LogP contribution in [0.4, 0.5) is 0 Å². The summed E-state index contributed by atoms with van der Waals surface area (Å²) >= 11 is 11.8. The molecular weight excluding hydrogens is 289 g/mol. The minimum absolute atomic E-state index is 0.228. The van der Waals surface area contributed by atoms with Crippen LogP contribution >= 0.6 is 23.2 Å². The number of aliphatic hydroxyl groups excluding tert-OH is 1. The molecule has 19 heavy (non-hydrogen) atoms. The van der Waals surface area contributed by atoms with Crippen molar-refractivity contribution in [1.29, 1.82) is 0 Å². The van der Waals surface area contributed by atoms with E-state index in [0.717, 1.165) is 26.3 Å². The molecule has 0 saturated carbocycles. The van der Waals surface area contributed by atoms with Crippen molar-refractivity contribution in [2.45, 2.75) is 6.10 Å². The van der Waals surface area contributed by atoms with Crippen molar-refractivity contribution in [2.75, 3.05) is 39.5 Å². The van der Waals surface area contributed by atoms with Gasteiger partial charge in [-0.15, -0.1) is 0 Å². The Morgan fingerprint density at radius 1 is 1.32 bits per heavy atom. The Hall–Kier alpha value is -0.520. The number of ether oxygens (including phenoxy) is 2. The predicted octanol–water partition coefficient (Wildman–Crippen LogP) is 0.648. The number of hydrogen-bond donors (Lipinski definition) is 2. The summed E-state index contributed by atoms with van der Waals surface area (Å²) in [6, 6.07) is 5.04. The summed E-state index contributed by atoms with van der Waals surface area (Å²) in [4.78, 5) is 1.34. The Labute approximate surface area is 122 Å². The average molecular weight is 307 g/mol. The lowest BCUT2D eigenvalue weighted by molar-refractivity contribution is -0.911. The van der Waals surface area contributed by atoms with Crippen LogP contribution in [0, 0.1) is 0 Å². The third kappa shape index (κ3) is 4.82. The molecule has 2 rings (SSSR count). The fourth-order valence-corrected chi connectivity index (χ4v) is 2.50. The highest BCUT2D eigenvalue weighted by Crippen LogP contribution is 2.27. The highest BCUT2D eigenvalue weighted by atomic mass is 35.5. The number of halogens is 2. The fourth-order valence-electron chi connectivity index (χ4n) is 2.03. The van der Waals surface area contributed by atoms with Crippen LogP contribution in [0.5, 0.6) is 5.75 Å². The Morgan fingerprint density at radius 3 is 2.74 bits per heavy atom. The van der Waals surface area contributed by atoms with Gasteiger partial charge in [-0.25, -0.2) is 0 Å². The van der Waals surface area contributed by atoms with Gasteiger partial charge in [0.2, 0.25) is 0 Å². The van der Waals surface area contributed by atoms with E-state index in [9.17, 15) is 5.11 Å². The van der Waals surface area contributed by atoms with E-state index in [1.165, 1.54) is 4.90 Å². The first-order valence-electron chi connectivity index (χ1n) is 6.32. The number of benzene rings is 1. The van der Waals surface area contributed by atoms with Gasteiger partial charge in [-0.1, -0.05) is 23.2 Å². The van der Waals surface area contributed by atoms with E-state index in [1.54, 1.807) is 18.2 Å². The van der Waals surface area contributed by atoms with E-state index < -0.39 is 6.10 Å². The van der Waals surface area contributed by atoms with Crippen LogP contribution in [0.1, 0.15) is 0 Å². The van der Waals surface area contributed by atoms with Crippen molar-refractivity contribution < 1.29 is 19.5 Å². The quantitative estimate of drug-likeness (QED) is 0.839. The largest absolute Gasteiger partial charge is 0.489 e. The van der Waals surface area contributed by atoms with E-state index >= 15 is 0 Å². The molecule has 1 atom stereocenters. The maximum absolute atomic E-state index is 9.95. The minimum atomic E-state index is -0.514. The van der Waals surface area contributed by atoms with Gasteiger partial charge in [0.15, 0.2) is 0 Å². The first-order valence-corrected chi connectivity index (χ1v) is 7.08. The van der Waals surface area contributed by atoms with Crippen LogP contribution < -0.4 is 9.64 Å². The van der Waals surface area contributed by atoms with Crippen LogP contribution in [-0.4, -0.2) is 50.7 Å². The van der Waals surface area contributed by atoms with Gasteiger partial charge in [0.05, 0.1) is 18.2 Å². The Bertz CT molecular complexity index is 411. The van der Waals surface area contributed by atoms with Crippen molar-refractivity contribution in [3.63, 3.8) is 0 Å².